The normalized spacial score (nSPS) is 10.7. The maximum atomic E-state index is 12.4. The van der Waals surface area contributed by atoms with Gasteiger partial charge in [-0.25, -0.2) is 0 Å². The predicted octanol–water partition coefficient (Wildman–Crippen LogP) is 5.57. The van der Waals surface area contributed by atoms with E-state index < -0.39 is 18.5 Å². The molecule has 0 saturated heterocycles. The lowest BCUT2D eigenvalue weighted by Gasteiger charge is -2.12. The fraction of sp³-hybridized carbons (Fsp3) is 0.154. The summed E-state index contributed by atoms with van der Waals surface area (Å²) in [7, 11) is 0. The molecule has 32 heavy (non-hydrogen) atoms. The minimum atomic E-state index is -0.505. The molecule has 0 bridgehead atoms. The highest BCUT2D eigenvalue weighted by Crippen LogP contribution is 2.29. The van der Waals surface area contributed by atoms with E-state index in [9.17, 15) is 9.59 Å². The number of esters is 1. The number of carbonyl (C=O) groups excluding carboxylic acids is 2. The van der Waals surface area contributed by atoms with Crippen LogP contribution in [0.3, 0.4) is 0 Å². The molecule has 6 heteroatoms. The maximum absolute atomic E-state index is 12.4. The average molecular weight is 429 g/mol. The lowest BCUT2D eigenvalue weighted by molar-refractivity contribution is -0.146. The molecule has 0 spiro atoms. The van der Waals surface area contributed by atoms with E-state index in [0.29, 0.717) is 17.2 Å². The van der Waals surface area contributed by atoms with Crippen molar-refractivity contribution < 1.29 is 23.5 Å². The summed E-state index contributed by atoms with van der Waals surface area (Å²) in [6, 6.07) is 20.3. The van der Waals surface area contributed by atoms with E-state index in [-0.39, 0.29) is 6.42 Å². The fourth-order valence-corrected chi connectivity index (χ4v) is 3.29. The minimum absolute atomic E-state index is 0.0243. The number of ether oxygens (including phenoxy) is 2. The number of carbonyl (C=O) groups is 2. The summed E-state index contributed by atoms with van der Waals surface area (Å²) in [6.45, 7) is 3.62. The van der Waals surface area contributed by atoms with Gasteiger partial charge < -0.3 is 19.2 Å². The molecular formula is C26H23NO5. The van der Waals surface area contributed by atoms with E-state index in [2.05, 4.69) is 5.32 Å². The predicted molar refractivity (Wildman–Crippen MR) is 122 cm³/mol. The van der Waals surface area contributed by atoms with Crippen molar-refractivity contribution in [1.29, 1.82) is 0 Å². The maximum Gasteiger partial charge on any atom is 0.310 e. The van der Waals surface area contributed by atoms with Crippen LogP contribution in [-0.4, -0.2) is 18.5 Å². The summed E-state index contributed by atoms with van der Waals surface area (Å²) in [4.78, 5) is 24.7. The highest BCUT2D eigenvalue weighted by molar-refractivity contribution is 5.94. The Morgan fingerprint density at radius 3 is 2.47 bits per heavy atom. The van der Waals surface area contributed by atoms with Gasteiger partial charge >= 0.3 is 5.97 Å². The number of para-hydroxylation sites is 3. The molecule has 1 amide bonds. The Kier molecular flexibility index (Phi) is 6.22. The molecule has 0 aliphatic carbocycles. The lowest BCUT2D eigenvalue weighted by Crippen LogP contribution is -2.21. The van der Waals surface area contributed by atoms with Crippen molar-refractivity contribution in [2.45, 2.75) is 20.3 Å². The molecule has 0 saturated carbocycles. The highest BCUT2D eigenvalue weighted by Gasteiger charge is 2.15. The Morgan fingerprint density at radius 2 is 1.66 bits per heavy atom. The quantitative estimate of drug-likeness (QED) is 0.389. The van der Waals surface area contributed by atoms with Crippen molar-refractivity contribution >= 4 is 28.5 Å². The van der Waals surface area contributed by atoms with E-state index in [1.807, 2.05) is 62.4 Å². The zero-order valence-corrected chi connectivity index (χ0v) is 17.9. The van der Waals surface area contributed by atoms with Crippen LogP contribution < -0.4 is 10.1 Å². The standard InChI is InChI=1S/C26H23NO5/c1-17-12-21-19(15-30-24(21)13-18(17)2)14-26(29)31-16-25(28)27-22-10-6-7-11-23(22)32-20-8-4-3-5-9-20/h3-13,15H,14,16H2,1-2H3,(H,27,28). The van der Waals surface area contributed by atoms with Crippen LogP contribution >= 0.6 is 0 Å². The zero-order valence-electron chi connectivity index (χ0n) is 17.9. The van der Waals surface area contributed by atoms with Gasteiger partial charge in [-0.1, -0.05) is 30.3 Å². The van der Waals surface area contributed by atoms with Gasteiger partial charge in [0.15, 0.2) is 12.4 Å². The topological polar surface area (TPSA) is 77.8 Å². The first-order valence-electron chi connectivity index (χ1n) is 10.2. The number of hydrogen-bond acceptors (Lipinski definition) is 5. The van der Waals surface area contributed by atoms with Crippen molar-refractivity contribution in [3.63, 3.8) is 0 Å². The van der Waals surface area contributed by atoms with Crippen LogP contribution in [0.25, 0.3) is 11.0 Å². The molecule has 0 radical (unpaired) electrons. The molecule has 1 N–H and O–H groups in total. The molecule has 4 aromatic rings. The van der Waals surface area contributed by atoms with Gasteiger partial charge in [0.25, 0.3) is 5.91 Å². The molecule has 6 nitrogen and oxygen atoms in total. The van der Waals surface area contributed by atoms with Gasteiger partial charge in [-0.05, 0) is 61.4 Å². The van der Waals surface area contributed by atoms with Gasteiger partial charge in [-0.15, -0.1) is 0 Å². The van der Waals surface area contributed by atoms with E-state index in [0.717, 1.165) is 27.7 Å². The molecule has 162 valence electrons. The Hall–Kier alpha value is -4.06. The molecule has 1 heterocycles. The van der Waals surface area contributed by atoms with E-state index in [1.165, 1.54) is 0 Å². The number of fused-ring (bicyclic) bond motifs is 1. The SMILES string of the molecule is Cc1cc2occ(CC(=O)OCC(=O)Nc3ccccc3Oc3ccccc3)c2cc1C. The Balaban J connectivity index is 1.35. The summed E-state index contributed by atoms with van der Waals surface area (Å²) in [5.41, 5.74) is 4.18. The number of nitrogens with one attached hydrogen (secondary N) is 1. The number of furan rings is 1. The van der Waals surface area contributed by atoms with Crippen LogP contribution in [0, 0.1) is 13.8 Å². The summed E-state index contributed by atoms with van der Waals surface area (Å²) >= 11 is 0. The third-order valence-electron chi connectivity index (χ3n) is 5.10. The van der Waals surface area contributed by atoms with Gasteiger partial charge in [0.2, 0.25) is 0 Å². The summed E-state index contributed by atoms with van der Waals surface area (Å²) in [5, 5.41) is 3.61. The van der Waals surface area contributed by atoms with Crippen LogP contribution in [0.4, 0.5) is 5.69 Å². The molecule has 0 unspecified atom stereocenters. The highest BCUT2D eigenvalue weighted by atomic mass is 16.5. The molecular weight excluding hydrogens is 406 g/mol. The molecule has 1 aromatic heterocycles. The van der Waals surface area contributed by atoms with E-state index in [1.54, 1.807) is 24.5 Å². The third-order valence-corrected chi connectivity index (χ3v) is 5.10. The molecule has 0 aliphatic rings. The summed E-state index contributed by atoms with van der Waals surface area (Å²) < 4.78 is 16.6. The smallest absolute Gasteiger partial charge is 0.310 e. The second-order valence-corrected chi connectivity index (χ2v) is 7.49. The monoisotopic (exact) mass is 429 g/mol. The molecule has 3 aromatic carbocycles. The molecule has 0 aliphatic heterocycles. The fourth-order valence-electron chi connectivity index (χ4n) is 3.29. The van der Waals surface area contributed by atoms with Gasteiger partial charge in [-0.2, -0.15) is 0 Å². The molecule has 4 rings (SSSR count). The number of amides is 1. The first-order chi connectivity index (χ1) is 15.5. The third kappa shape index (κ3) is 4.98. The summed E-state index contributed by atoms with van der Waals surface area (Å²) in [6.07, 6.45) is 1.58. The van der Waals surface area contributed by atoms with E-state index >= 15 is 0 Å². The van der Waals surface area contributed by atoms with Crippen LogP contribution in [0.2, 0.25) is 0 Å². The number of aryl methyl sites for hydroxylation is 2. The first kappa shape index (κ1) is 21.2. The average Bonchev–Trinajstić information content (AvgIpc) is 3.16. The van der Waals surface area contributed by atoms with Gasteiger partial charge in [0, 0.05) is 10.9 Å². The van der Waals surface area contributed by atoms with Crippen LogP contribution in [0.5, 0.6) is 11.5 Å². The lowest BCUT2D eigenvalue weighted by atomic mass is 10.0. The van der Waals surface area contributed by atoms with Crippen LogP contribution in [0.1, 0.15) is 16.7 Å². The van der Waals surface area contributed by atoms with Crippen molar-refractivity contribution in [3.8, 4) is 11.5 Å². The minimum Gasteiger partial charge on any atom is -0.464 e. The van der Waals surface area contributed by atoms with Crippen LogP contribution in [-0.2, 0) is 20.7 Å². The Morgan fingerprint density at radius 1 is 0.938 bits per heavy atom. The number of benzene rings is 3. The largest absolute Gasteiger partial charge is 0.464 e. The van der Waals surface area contributed by atoms with Gasteiger partial charge in [-0.3, -0.25) is 9.59 Å². The van der Waals surface area contributed by atoms with Crippen LogP contribution in [0.15, 0.2) is 77.4 Å². The second-order valence-electron chi connectivity index (χ2n) is 7.49. The van der Waals surface area contributed by atoms with Crippen molar-refractivity contribution in [3.05, 3.63) is 89.7 Å². The Labute approximate surface area is 185 Å². The summed E-state index contributed by atoms with van der Waals surface area (Å²) in [5.74, 6) is 0.188. The van der Waals surface area contributed by atoms with Crippen molar-refractivity contribution in [1.82, 2.24) is 0 Å². The first-order valence-corrected chi connectivity index (χ1v) is 10.2. The number of hydrogen-bond donors (Lipinski definition) is 1. The van der Waals surface area contributed by atoms with E-state index in [4.69, 9.17) is 13.9 Å². The van der Waals surface area contributed by atoms with Gasteiger partial charge in [0.1, 0.15) is 11.3 Å². The van der Waals surface area contributed by atoms with Crippen molar-refractivity contribution in [2.75, 3.05) is 11.9 Å². The second kappa shape index (κ2) is 9.39. The Bertz CT molecular complexity index is 1260. The number of rotatable bonds is 7. The molecule has 0 fully saturated rings. The zero-order chi connectivity index (χ0) is 22.5. The molecule has 0 atom stereocenters. The van der Waals surface area contributed by atoms with Gasteiger partial charge in [0.05, 0.1) is 18.4 Å². The van der Waals surface area contributed by atoms with Crippen molar-refractivity contribution in [2.24, 2.45) is 0 Å². The number of anilines is 1.